The number of benzene rings is 2. The number of anilines is 3. The molecule has 0 spiro atoms. The molecule has 1 fully saturated rings. The van der Waals surface area contributed by atoms with Crippen LogP contribution < -0.4 is 14.3 Å². The molecular weight excluding hydrogens is 436 g/mol. The summed E-state index contributed by atoms with van der Waals surface area (Å²) in [5.74, 6) is 0. The molecule has 2 aromatic carbocycles. The lowest BCUT2D eigenvalue weighted by Crippen LogP contribution is -2.43. The first kappa shape index (κ1) is 23.4. The van der Waals surface area contributed by atoms with Gasteiger partial charge in [-0.1, -0.05) is 12.1 Å². The Morgan fingerprint density at radius 1 is 0.839 bits per heavy atom. The predicted molar refractivity (Wildman–Crippen MR) is 127 cm³/mol. The number of hydrogen-bond donors (Lipinski definition) is 2. The van der Waals surface area contributed by atoms with E-state index in [1.807, 2.05) is 24.3 Å². The summed E-state index contributed by atoms with van der Waals surface area (Å²) in [4.78, 5) is 4.66. The molecule has 0 aliphatic carbocycles. The van der Waals surface area contributed by atoms with Crippen molar-refractivity contribution >= 4 is 37.1 Å². The average molecular weight is 467 g/mol. The summed E-state index contributed by atoms with van der Waals surface area (Å²) in [5.41, 5.74) is 3.37. The molecule has 1 aliphatic heterocycles. The number of rotatable bonds is 8. The van der Waals surface area contributed by atoms with Gasteiger partial charge in [0.1, 0.15) is 0 Å². The molecule has 1 aliphatic rings. The van der Waals surface area contributed by atoms with Crippen LogP contribution in [0.5, 0.6) is 0 Å². The molecule has 0 atom stereocenters. The van der Waals surface area contributed by atoms with E-state index in [9.17, 15) is 16.8 Å². The van der Waals surface area contributed by atoms with Gasteiger partial charge in [-0.25, -0.2) is 16.8 Å². The van der Waals surface area contributed by atoms with Gasteiger partial charge in [0, 0.05) is 42.7 Å². The molecule has 1 saturated heterocycles. The lowest BCUT2D eigenvalue weighted by Gasteiger charge is -2.38. The molecule has 31 heavy (non-hydrogen) atoms. The Hall–Kier alpha value is -2.30. The molecule has 0 unspecified atom stereocenters. The first-order chi connectivity index (χ1) is 14.5. The van der Waals surface area contributed by atoms with Crippen molar-refractivity contribution in [2.75, 3.05) is 47.0 Å². The summed E-state index contributed by atoms with van der Waals surface area (Å²) in [6.45, 7) is 2.67. The number of hydrogen-bond acceptors (Lipinski definition) is 6. The SMILES string of the molecule is CN(Cc1ccc(NS(C)(=O)=O)cc1)C1CCN(c2ccc(NS(C)(=O)=O)cc2)CC1. The first-order valence-corrected chi connectivity index (χ1v) is 13.9. The van der Waals surface area contributed by atoms with Crippen molar-refractivity contribution in [3.63, 3.8) is 0 Å². The van der Waals surface area contributed by atoms with E-state index in [4.69, 9.17) is 0 Å². The summed E-state index contributed by atoms with van der Waals surface area (Å²) in [6, 6.07) is 15.4. The minimum atomic E-state index is -3.27. The summed E-state index contributed by atoms with van der Waals surface area (Å²) in [5, 5.41) is 0. The zero-order valence-corrected chi connectivity index (χ0v) is 19.7. The van der Waals surface area contributed by atoms with Crippen molar-refractivity contribution in [1.29, 1.82) is 0 Å². The van der Waals surface area contributed by atoms with Crippen LogP contribution in [-0.4, -0.2) is 60.4 Å². The zero-order valence-electron chi connectivity index (χ0n) is 18.1. The maximum Gasteiger partial charge on any atom is 0.229 e. The van der Waals surface area contributed by atoms with E-state index in [1.165, 1.54) is 0 Å². The van der Waals surface area contributed by atoms with Crippen LogP contribution in [-0.2, 0) is 26.6 Å². The number of nitrogens with zero attached hydrogens (tertiary/aromatic N) is 2. The Kier molecular flexibility index (Phi) is 7.13. The topological polar surface area (TPSA) is 98.8 Å². The highest BCUT2D eigenvalue weighted by molar-refractivity contribution is 7.92. The van der Waals surface area contributed by atoms with Gasteiger partial charge in [0.2, 0.25) is 20.0 Å². The molecule has 1 heterocycles. The number of sulfonamides is 2. The molecule has 10 heteroatoms. The highest BCUT2D eigenvalue weighted by atomic mass is 32.2. The van der Waals surface area contributed by atoms with Crippen LogP contribution in [0.3, 0.4) is 0 Å². The van der Waals surface area contributed by atoms with Crippen molar-refractivity contribution in [3.8, 4) is 0 Å². The molecule has 0 bridgehead atoms. The Balaban J connectivity index is 1.51. The third-order valence-corrected chi connectivity index (χ3v) is 6.53. The van der Waals surface area contributed by atoms with E-state index in [0.717, 1.165) is 56.2 Å². The Morgan fingerprint density at radius 2 is 1.29 bits per heavy atom. The van der Waals surface area contributed by atoms with Gasteiger partial charge in [-0.3, -0.25) is 14.3 Å². The molecular formula is C21H30N4O4S2. The van der Waals surface area contributed by atoms with Crippen LogP contribution in [0.1, 0.15) is 18.4 Å². The molecule has 2 N–H and O–H groups in total. The standard InChI is InChI=1S/C21H30N4O4S2/c1-24(16-17-4-6-18(7-5-17)22-30(2,26)27)20-12-14-25(15-13-20)21-10-8-19(9-11-21)23-31(3,28)29/h4-11,20,22-23H,12-16H2,1-3H3. The van der Waals surface area contributed by atoms with E-state index in [0.29, 0.717) is 17.4 Å². The van der Waals surface area contributed by atoms with E-state index in [1.54, 1.807) is 24.3 Å². The highest BCUT2D eigenvalue weighted by Crippen LogP contribution is 2.25. The lowest BCUT2D eigenvalue weighted by molar-refractivity contribution is 0.200. The monoisotopic (exact) mass is 466 g/mol. The van der Waals surface area contributed by atoms with Crippen molar-refractivity contribution < 1.29 is 16.8 Å². The fraction of sp³-hybridized carbons (Fsp3) is 0.429. The van der Waals surface area contributed by atoms with Gasteiger partial charge in [-0.2, -0.15) is 0 Å². The van der Waals surface area contributed by atoms with Crippen LogP contribution in [0.15, 0.2) is 48.5 Å². The second-order valence-corrected chi connectivity index (χ2v) is 11.6. The van der Waals surface area contributed by atoms with Gasteiger partial charge in [0.05, 0.1) is 12.5 Å². The largest absolute Gasteiger partial charge is 0.371 e. The smallest absolute Gasteiger partial charge is 0.229 e. The number of nitrogens with one attached hydrogen (secondary N) is 2. The van der Waals surface area contributed by atoms with Gasteiger partial charge in [0.15, 0.2) is 0 Å². The summed E-state index contributed by atoms with van der Waals surface area (Å²) in [6.07, 6.45) is 4.35. The second kappa shape index (κ2) is 9.46. The molecule has 170 valence electrons. The third kappa shape index (κ3) is 7.41. The molecule has 8 nitrogen and oxygen atoms in total. The van der Waals surface area contributed by atoms with Gasteiger partial charge in [0.25, 0.3) is 0 Å². The van der Waals surface area contributed by atoms with E-state index < -0.39 is 20.0 Å². The highest BCUT2D eigenvalue weighted by Gasteiger charge is 2.22. The second-order valence-electron chi connectivity index (χ2n) is 8.13. The van der Waals surface area contributed by atoms with Crippen LogP contribution in [0.4, 0.5) is 17.1 Å². The van der Waals surface area contributed by atoms with Crippen LogP contribution in [0.25, 0.3) is 0 Å². The minimum Gasteiger partial charge on any atom is -0.371 e. The van der Waals surface area contributed by atoms with Gasteiger partial charge in [-0.05, 0) is 61.9 Å². The first-order valence-electron chi connectivity index (χ1n) is 10.1. The zero-order chi connectivity index (χ0) is 22.6. The predicted octanol–water partition coefficient (Wildman–Crippen LogP) is 2.53. The third-order valence-electron chi connectivity index (χ3n) is 5.31. The summed E-state index contributed by atoms with van der Waals surface area (Å²) < 4.78 is 50.3. The summed E-state index contributed by atoms with van der Waals surface area (Å²) >= 11 is 0. The Labute approximate surface area is 185 Å². The van der Waals surface area contributed by atoms with Crippen molar-refractivity contribution in [3.05, 3.63) is 54.1 Å². The van der Waals surface area contributed by atoms with Crippen molar-refractivity contribution in [1.82, 2.24) is 4.90 Å². The maximum atomic E-state index is 11.3. The van der Waals surface area contributed by atoms with Gasteiger partial charge in [-0.15, -0.1) is 0 Å². The lowest BCUT2D eigenvalue weighted by atomic mass is 10.0. The van der Waals surface area contributed by atoms with Crippen LogP contribution >= 0.6 is 0 Å². The maximum absolute atomic E-state index is 11.3. The molecule has 0 radical (unpaired) electrons. The fourth-order valence-corrected chi connectivity index (χ4v) is 4.96. The molecule has 2 aromatic rings. The van der Waals surface area contributed by atoms with E-state index >= 15 is 0 Å². The number of piperidine rings is 1. The van der Waals surface area contributed by atoms with Crippen molar-refractivity contribution in [2.45, 2.75) is 25.4 Å². The van der Waals surface area contributed by atoms with E-state index in [-0.39, 0.29) is 0 Å². The average Bonchev–Trinajstić information content (AvgIpc) is 2.68. The molecule has 0 amide bonds. The Morgan fingerprint density at radius 3 is 1.74 bits per heavy atom. The van der Waals surface area contributed by atoms with Gasteiger partial charge >= 0.3 is 0 Å². The fourth-order valence-electron chi connectivity index (χ4n) is 3.83. The quantitative estimate of drug-likeness (QED) is 0.620. The van der Waals surface area contributed by atoms with E-state index in [2.05, 4.69) is 26.3 Å². The molecule has 0 saturated carbocycles. The minimum absolute atomic E-state index is 0.469. The molecule has 3 rings (SSSR count). The van der Waals surface area contributed by atoms with Gasteiger partial charge < -0.3 is 4.90 Å². The Bertz CT molecular complexity index is 1080. The molecule has 0 aromatic heterocycles. The van der Waals surface area contributed by atoms with Crippen LogP contribution in [0.2, 0.25) is 0 Å². The van der Waals surface area contributed by atoms with Crippen molar-refractivity contribution in [2.24, 2.45) is 0 Å². The van der Waals surface area contributed by atoms with Crippen LogP contribution in [0, 0.1) is 0 Å². The summed E-state index contributed by atoms with van der Waals surface area (Å²) in [7, 11) is -4.41. The normalized spacial score (nSPS) is 15.8.